The Morgan fingerprint density at radius 1 is 0.919 bits per heavy atom. The van der Waals surface area contributed by atoms with Crippen molar-refractivity contribution in [3.8, 4) is 11.1 Å². The Hall–Kier alpha value is -2.86. The quantitative estimate of drug-likeness (QED) is 0.479. The second-order valence-corrected chi connectivity index (χ2v) is 11.9. The predicted octanol–water partition coefficient (Wildman–Crippen LogP) is 5.28. The number of carbonyl (C=O) groups is 1. The molecule has 3 aliphatic rings. The first-order chi connectivity index (χ1) is 18.0. The van der Waals surface area contributed by atoms with Gasteiger partial charge in [-0.2, -0.15) is 5.10 Å². The van der Waals surface area contributed by atoms with Gasteiger partial charge in [0.1, 0.15) is 0 Å². The van der Waals surface area contributed by atoms with Gasteiger partial charge >= 0.3 is 0 Å². The Labute approximate surface area is 221 Å². The van der Waals surface area contributed by atoms with E-state index in [0.29, 0.717) is 23.8 Å². The number of hydrogen-bond acceptors (Lipinski definition) is 4. The Bertz CT molecular complexity index is 1230. The zero-order chi connectivity index (χ0) is 25.5. The molecule has 0 bridgehead atoms. The second kappa shape index (κ2) is 10.1. The summed E-state index contributed by atoms with van der Waals surface area (Å²) in [5.74, 6) is 2.02. The summed E-state index contributed by atoms with van der Waals surface area (Å²) in [5.41, 5.74) is 6.26. The first-order valence-corrected chi connectivity index (χ1v) is 14.3. The standard InChI is InChI=1S/C31H41N5O/c1-22(2)33-12-9-26(10-13-33)24-4-6-25(7-5-24)28-20-30-29(8-11-32-36(30)21-28)34-14-16-35(17-15-34)31(37)27-18-23(3)19-27/h4-8,11,20-23,26-27H,9-10,12-19H2,1-3H3. The average Bonchev–Trinajstić information content (AvgIpc) is 3.36. The fraction of sp³-hybridized carbons (Fsp3) is 0.548. The minimum absolute atomic E-state index is 0.265. The van der Waals surface area contributed by atoms with Crippen molar-refractivity contribution in [3.05, 3.63) is 54.4 Å². The third-order valence-electron chi connectivity index (χ3n) is 9.12. The van der Waals surface area contributed by atoms with Gasteiger partial charge in [0.15, 0.2) is 0 Å². The highest BCUT2D eigenvalue weighted by Gasteiger charge is 2.35. The average molecular weight is 500 g/mol. The summed E-state index contributed by atoms with van der Waals surface area (Å²) in [6.45, 7) is 12.6. The fourth-order valence-electron chi connectivity index (χ4n) is 6.65. The highest BCUT2D eigenvalue weighted by Crippen LogP contribution is 2.35. The van der Waals surface area contributed by atoms with E-state index < -0.39 is 0 Å². The molecular weight excluding hydrogens is 458 g/mol. The van der Waals surface area contributed by atoms with E-state index in [-0.39, 0.29) is 5.92 Å². The van der Waals surface area contributed by atoms with E-state index in [0.717, 1.165) is 44.5 Å². The maximum atomic E-state index is 12.8. The summed E-state index contributed by atoms with van der Waals surface area (Å²) < 4.78 is 2.01. The van der Waals surface area contributed by atoms with Crippen molar-refractivity contribution in [1.82, 2.24) is 19.4 Å². The summed E-state index contributed by atoms with van der Waals surface area (Å²) in [6, 6.07) is 14.3. The number of hydrogen-bond donors (Lipinski definition) is 0. The lowest BCUT2D eigenvalue weighted by molar-refractivity contribution is -0.140. The highest BCUT2D eigenvalue weighted by molar-refractivity contribution is 5.82. The monoisotopic (exact) mass is 499 g/mol. The number of carbonyl (C=O) groups excluding carboxylic acids is 1. The van der Waals surface area contributed by atoms with E-state index in [1.54, 1.807) is 0 Å². The fourth-order valence-corrected chi connectivity index (χ4v) is 6.65. The van der Waals surface area contributed by atoms with Crippen molar-refractivity contribution in [2.24, 2.45) is 11.8 Å². The third-order valence-corrected chi connectivity index (χ3v) is 9.12. The van der Waals surface area contributed by atoms with Gasteiger partial charge in [-0.1, -0.05) is 31.2 Å². The highest BCUT2D eigenvalue weighted by atomic mass is 16.2. The molecule has 0 unspecified atom stereocenters. The van der Waals surface area contributed by atoms with Crippen molar-refractivity contribution in [3.63, 3.8) is 0 Å². The zero-order valence-corrected chi connectivity index (χ0v) is 22.6. The van der Waals surface area contributed by atoms with E-state index >= 15 is 0 Å². The number of benzene rings is 1. The molecule has 6 nitrogen and oxygen atoms in total. The Balaban J connectivity index is 1.13. The van der Waals surface area contributed by atoms with Crippen LogP contribution in [-0.2, 0) is 4.79 Å². The van der Waals surface area contributed by atoms with Crippen LogP contribution in [0, 0.1) is 11.8 Å². The van der Waals surface area contributed by atoms with E-state index in [9.17, 15) is 4.79 Å². The summed E-state index contributed by atoms with van der Waals surface area (Å²) >= 11 is 0. The molecule has 1 amide bonds. The lowest BCUT2D eigenvalue weighted by atomic mass is 9.75. The second-order valence-electron chi connectivity index (χ2n) is 11.9. The summed E-state index contributed by atoms with van der Waals surface area (Å²) in [5, 5.41) is 4.61. The lowest BCUT2D eigenvalue weighted by Gasteiger charge is -2.40. The molecule has 2 aliphatic heterocycles. The molecule has 0 radical (unpaired) electrons. The Kier molecular flexibility index (Phi) is 6.70. The molecule has 2 aromatic heterocycles. The van der Waals surface area contributed by atoms with Gasteiger partial charge in [0.05, 0.1) is 11.2 Å². The molecule has 6 heteroatoms. The van der Waals surface area contributed by atoms with Crippen LogP contribution in [0.4, 0.5) is 5.69 Å². The van der Waals surface area contributed by atoms with Crippen LogP contribution in [0.2, 0.25) is 0 Å². The molecule has 0 spiro atoms. The number of anilines is 1. The van der Waals surface area contributed by atoms with Crippen molar-refractivity contribution in [2.45, 2.75) is 58.4 Å². The number of rotatable bonds is 5. The predicted molar refractivity (Wildman–Crippen MR) is 150 cm³/mol. The van der Waals surface area contributed by atoms with E-state index in [1.165, 1.54) is 48.3 Å². The summed E-state index contributed by atoms with van der Waals surface area (Å²) in [7, 11) is 0. The van der Waals surface area contributed by atoms with Crippen molar-refractivity contribution < 1.29 is 4.79 Å². The van der Waals surface area contributed by atoms with E-state index in [4.69, 9.17) is 0 Å². The molecule has 3 aromatic rings. The van der Waals surface area contributed by atoms with E-state index in [1.807, 2.05) is 10.7 Å². The van der Waals surface area contributed by atoms with Crippen LogP contribution in [0.1, 0.15) is 57.9 Å². The topological polar surface area (TPSA) is 44.1 Å². The van der Waals surface area contributed by atoms with Crippen LogP contribution >= 0.6 is 0 Å². The van der Waals surface area contributed by atoms with Crippen LogP contribution in [0.25, 0.3) is 16.6 Å². The molecule has 196 valence electrons. The molecule has 2 saturated heterocycles. The molecule has 37 heavy (non-hydrogen) atoms. The van der Waals surface area contributed by atoms with Gasteiger partial charge in [0, 0.05) is 56.1 Å². The molecule has 6 rings (SSSR count). The van der Waals surface area contributed by atoms with E-state index in [2.05, 4.69) is 83.2 Å². The number of piperidine rings is 1. The SMILES string of the molecule is CC1CC(C(=O)N2CCN(c3ccnn4cc(-c5ccc(C6CCN(C(C)C)CC6)cc5)cc34)CC2)C1. The van der Waals surface area contributed by atoms with Crippen LogP contribution in [0.5, 0.6) is 0 Å². The number of piperazine rings is 1. The molecule has 3 fully saturated rings. The van der Waals surface area contributed by atoms with Gasteiger partial charge in [0.25, 0.3) is 0 Å². The first kappa shape index (κ1) is 24.5. The summed E-state index contributed by atoms with van der Waals surface area (Å²) in [6.07, 6.45) is 8.67. The smallest absolute Gasteiger partial charge is 0.225 e. The van der Waals surface area contributed by atoms with Gasteiger partial charge < -0.3 is 14.7 Å². The van der Waals surface area contributed by atoms with Crippen LogP contribution in [0.3, 0.4) is 0 Å². The van der Waals surface area contributed by atoms with Crippen LogP contribution in [-0.4, -0.2) is 70.6 Å². The van der Waals surface area contributed by atoms with Crippen molar-refractivity contribution >= 4 is 17.1 Å². The maximum absolute atomic E-state index is 12.8. The number of aromatic nitrogens is 2. The lowest BCUT2D eigenvalue weighted by Crippen LogP contribution is -2.52. The van der Waals surface area contributed by atoms with Gasteiger partial charge in [-0.15, -0.1) is 0 Å². The minimum atomic E-state index is 0.265. The minimum Gasteiger partial charge on any atom is -0.366 e. The number of fused-ring (bicyclic) bond motifs is 1. The molecule has 1 saturated carbocycles. The number of nitrogens with zero attached hydrogens (tertiary/aromatic N) is 5. The molecule has 1 aromatic carbocycles. The summed E-state index contributed by atoms with van der Waals surface area (Å²) in [4.78, 5) is 19.9. The number of amides is 1. The molecule has 1 aliphatic carbocycles. The van der Waals surface area contributed by atoms with Crippen molar-refractivity contribution in [2.75, 3.05) is 44.2 Å². The van der Waals surface area contributed by atoms with Gasteiger partial charge in [-0.25, -0.2) is 4.52 Å². The maximum Gasteiger partial charge on any atom is 0.225 e. The van der Waals surface area contributed by atoms with Gasteiger partial charge in [-0.05, 0) is 87.7 Å². The number of likely N-dealkylation sites (tertiary alicyclic amines) is 1. The van der Waals surface area contributed by atoms with Crippen molar-refractivity contribution in [1.29, 1.82) is 0 Å². The van der Waals surface area contributed by atoms with Crippen LogP contribution < -0.4 is 4.90 Å². The first-order valence-electron chi connectivity index (χ1n) is 14.3. The Morgan fingerprint density at radius 2 is 1.62 bits per heavy atom. The van der Waals surface area contributed by atoms with Gasteiger partial charge in [0.2, 0.25) is 5.91 Å². The molecule has 0 N–H and O–H groups in total. The molecular formula is C31H41N5O. The Morgan fingerprint density at radius 3 is 2.27 bits per heavy atom. The third kappa shape index (κ3) is 4.88. The molecule has 4 heterocycles. The molecule has 0 atom stereocenters. The largest absolute Gasteiger partial charge is 0.366 e. The van der Waals surface area contributed by atoms with Crippen LogP contribution in [0.15, 0.2) is 48.8 Å². The zero-order valence-electron chi connectivity index (χ0n) is 22.6. The normalized spacial score (nSPS) is 23.6. The van der Waals surface area contributed by atoms with Gasteiger partial charge in [-0.3, -0.25) is 4.79 Å².